The maximum atomic E-state index is 13.1. The summed E-state index contributed by atoms with van der Waals surface area (Å²) in [6.07, 6.45) is 9.92. The molecule has 0 radical (unpaired) electrons. The van der Waals surface area contributed by atoms with Crippen LogP contribution in [0.5, 0.6) is 0 Å². The third-order valence-electron chi connectivity index (χ3n) is 6.50. The molecule has 7 nitrogen and oxygen atoms in total. The van der Waals surface area contributed by atoms with Crippen LogP contribution in [-0.4, -0.2) is 43.8 Å². The molecule has 1 fully saturated rings. The highest BCUT2D eigenvalue weighted by Gasteiger charge is 2.22. The van der Waals surface area contributed by atoms with Crippen molar-refractivity contribution in [3.05, 3.63) is 76.2 Å². The van der Waals surface area contributed by atoms with E-state index in [1.54, 1.807) is 23.4 Å². The predicted molar refractivity (Wildman–Crippen MR) is 124 cm³/mol. The lowest BCUT2D eigenvalue weighted by atomic mass is 9.88. The quantitative estimate of drug-likeness (QED) is 0.521. The van der Waals surface area contributed by atoms with Gasteiger partial charge in [0, 0.05) is 43.4 Å². The Hall–Kier alpha value is -3.48. The molecule has 1 saturated carbocycles. The molecule has 7 heteroatoms. The van der Waals surface area contributed by atoms with Gasteiger partial charge in [-0.25, -0.2) is 4.98 Å². The molecule has 5 rings (SSSR count). The van der Waals surface area contributed by atoms with Crippen LogP contribution in [0, 0.1) is 0 Å². The minimum atomic E-state index is -0.154. The van der Waals surface area contributed by atoms with Gasteiger partial charge in [-0.3, -0.25) is 19.0 Å². The zero-order valence-electron chi connectivity index (χ0n) is 18.3. The standard InChI is InChI=1S/C25H27N5O2/c1-29(14-12-19-9-5-6-13-26-19)25(32)18-10-11-20-21(15-18)30-22(24(31)28-20)16-27-23(30)17-7-3-2-4-8-17/h5-6,9-11,13,15-17H,2-4,7-8,12,14H2,1H3,(H,28,31). The summed E-state index contributed by atoms with van der Waals surface area (Å²) in [5, 5.41) is 0. The summed E-state index contributed by atoms with van der Waals surface area (Å²) in [4.78, 5) is 39.4. The van der Waals surface area contributed by atoms with Crippen LogP contribution in [0.3, 0.4) is 0 Å². The van der Waals surface area contributed by atoms with E-state index in [0.717, 1.165) is 29.9 Å². The smallest absolute Gasteiger partial charge is 0.274 e. The van der Waals surface area contributed by atoms with Crippen molar-refractivity contribution in [2.24, 2.45) is 0 Å². The van der Waals surface area contributed by atoms with E-state index in [4.69, 9.17) is 0 Å². The number of pyridine rings is 1. The van der Waals surface area contributed by atoms with Crippen molar-refractivity contribution in [2.45, 2.75) is 44.4 Å². The van der Waals surface area contributed by atoms with Crippen molar-refractivity contribution >= 4 is 22.5 Å². The predicted octanol–water partition coefficient (Wildman–Crippen LogP) is 3.93. The Labute approximate surface area is 186 Å². The van der Waals surface area contributed by atoms with Crippen molar-refractivity contribution in [1.82, 2.24) is 24.3 Å². The van der Waals surface area contributed by atoms with Crippen LogP contribution in [0.1, 0.15) is 59.9 Å². The molecule has 0 saturated heterocycles. The molecule has 3 heterocycles. The number of aromatic amines is 1. The first-order valence-corrected chi connectivity index (χ1v) is 11.3. The molecular formula is C25H27N5O2. The first-order chi connectivity index (χ1) is 15.6. The summed E-state index contributed by atoms with van der Waals surface area (Å²) in [5.74, 6) is 1.22. The van der Waals surface area contributed by atoms with Gasteiger partial charge < -0.3 is 9.88 Å². The van der Waals surface area contributed by atoms with Gasteiger partial charge in [-0.15, -0.1) is 0 Å². The molecule has 3 aromatic heterocycles. The fourth-order valence-electron chi connectivity index (χ4n) is 4.72. The summed E-state index contributed by atoms with van der Waals surface area (Å²) in [5.41, 5.74) is 3.47. The lowest BCUT2D eigenvalue weighted by Gasteiger charge is -2.21. The number of hydrogen-bond donors (Lipinski definition) is 1. The van der Waals surface area contributed by atoms with Gasteiger partial charge in [0.15, 0.2) is 0 Å². The van der Waals surface area contributed by atoms with E-state index in [-0.39, 0.29) is 11.5 Å². The van der Waals surface area contributed by atoms with Crippen molar-refractivity contribution in [3.63, 3.8) is 0 Å². The molecular weight excluding hydrogens is 402 g/mol. The Morgan fingerprint density at radius 1 is 1.12 bits per heavy atom. The molecule has 32 heavy (non-hydrogen) atoms. The Balaban J connectivity index is 1.50. The molecule has 0 bridgehead atoms. The van der Waals surface area contributed by atoms with Crippen molar-refractivity contribution < 1.29 is 4.79 Å². The van der Waals surface area contributed by atoms with Gasteiger partial charge >= 0.3 is 0 Å². The third-order valence-corrected chi connectivity index (χ3v) is 6.50. The second-order valence-corrected chi connectivity index (χ2v) is 8.66. The number of carbonyl (C=O) groups is 1. The number of rotatable bonds is 5. The van der Waals surface area contributed by atoms with E-state index in [1.165, 1.54) is 19.3 Å². The molecule has 0 aliphatic heterocycles. The second-order valence-electron chi connectivity index (χ2n) is 8.66. The number of hydrogen-bond acceptors (Lipinski definition) is 4. The van der Waals surface area contributed by atoms with Gasteiger partial charge in [0.2, 0.25) is 0 Å². The largest absolute Gasteiger partial charge is 0.341 e. The van der Waals surface area contributed by atoms with E-state index >= 15 is 0 Å². The normalized spacial score (nSPS) is 14.8. The van der Waals surface area contributed by atoms with E-state index in [1.807, 2.05) is 41.8 Å². The Kier molecular flexibility index (Phi) is 5.47. The van der Waals surface area contributed by atoms with Gasteiger partial charge in [0.25, 0.3) is 11.5 Å². The summed E-state index contributed by atoms with van der Waals surface area (Å²) in [6.45, 7) is 0.577. The number of amides is 1. The molecule has 1 N–H and O–H groups in total. The van der Waals surface area contributed by atoms with Crippen LogP contribution >= 0.6 is 0 Å². The van der Waals surface area contributed by atoms with Crippen molar-refractivity contribution in [3.8, 4) is 0 Å². The van der Waals surface area contributed by atoms with E-state index in [2.05, 4.69) is 15.0 Å². The highest BCUT2D eigenvalue weighted by Crippen LogP contribution is 2.33. The van der Waals surface area contributed by atoms with Crippen molar-refractivity contribution in [1.29, 1.82) is 0 Å². The molecule has 164 valence electrons. The zero-order chi connectivity index (χ0) is 22.1. The van der Waals surface area contributed by atoms with Gasteiger partial charge in [-0.1, -0.05) is 25.3 Å². The fourth-order valence-corrected chi connectivity index (χ4v) is 4.72. The van der Waals surface area contributed by atoms with Crippen LogP contribution < -0.4 is 5.56 Å². The maximum Gasteiger partial charge on any atom is 0.274 e. The number of fused-ring (bicyclic) bond motifs is 3. The lowest BCUT2D eigenvalue weighted by Crippen LogP contribution is -2.29. The summed E-state index contributed by atoms with van der Waals surface area (Å²) < 4.78 is 1.97. The lowest BCUT2D eigenvalue weighted by molar-refractivity contribution is 0.0796. The van der Waals surface area contributed by atoms with E-state index < -0.39 is 0 Å². The number of imidazole rings is 1. The molecule has 0 atom stereocenters. The number of carbonyl (C=O) groups excluding carboxylic acids is 1. The molecule has 1 aliphatic rings. The number of nitrogens with one attached hydrogen (secondary N) is 1. The average Bonchev–Trinajstić information content (AvgIpc) is 3.29. The maximum absolute atomic E-state index is 13.1. The topological polar surface area (TPSA) is 83.4 Å². The molecule has 1 aromatic carbocycles. The number of aromatic nitrogens is 4. The Morgan fingerprint density at radius 2 is 1.97 bits per heavy atom. The van der Waals surface area contributed by atoms with Gasteiger partial charge in [-0.2, -0.15) is 0 Å². The van der Waals surface area contributed by atoms with Crippen LogP contribution in [0.25, 0.3) is 16.6 Å². The monoisotopic (exact) mass is 429 g/mol. The molecule has 0 spiro atoms. The zero-order valence-corrected chi connectivity index (χ0v) is 18.3. The summed E-state index contributed by atoms with van der Waals surface area (Å²) in [7, 11) is 1.81. The number of H-pyrrole nitrogens is 1. The van der Waals surface area contributed by atoms with Crippen molar-refractivity contribution in [2.75, 3.05) is 13.6 Å². The highest BCUT2D eigenvalue weighted by molar-refractivity contribution is 5.97. The van der Waals surface area contributed by atoms with Crippen LogP contribution in [0.15, 0.2) is 53.6 Å². The van der Waals surface area contributed by atoms with Gasteiger partial charge in [0.05, 0.1) is 17.2 Å². The van der Waals surface area contributed by atoms with E-state index in [9.17, 15) is 9.59 Å². The second kappa shape index (κ2) is 8.57. The van der Waals surface area contributed by atoms with Crippen LogP contribution in [0.2, 0.25) is 0 Å². The minimum absolute atomic E-state index is 0.0542. The SMILES string of the molecule is CN(CCc1ccccn1)C(=O)c1ccc2[nH]c(=O)c3cnc(C4CCCCC4)n3c2c1. The van der Waals surface area contributed by atoms with E-state index in [0.29, 0.717) is 35.5 Å². The average molecular weight is 430 g/mol. The first-order valence-electron chi connectivity index (χ1n) is 11.3. The fraction of sp³-hybridized carbons (Fsp3) is 0.360. The molecule has 4 aromatic rings. The summed E-state index contributed by atoms with van der Waals surface area (Å²) >= 11 is 0. The van der Waals surface area contributed by atoms with Gasteiger partial charge in [-0.05, 0) is 43.2 Å². The summed E-state index contributed by atoms with van der Waals surface area (Å²) in [6, 6.07) is 11.3. The highest BCUT2D eigenvalue weighted by atomic mass is 16.2. The molecule has 0 unspecified atom stereocenters. The van der Waals surface area contributed by atoms with Crippen LogP contribution in [-0.2, 0) is 6.42 Å². The minimum Gasteiger partial charge on any atom is -0.341 e. The number of nitrogens with zero attached hydrogens (tertiary/aromatic N) is 4. The first kappa shape index (κ1) is 20.4. The third kappa shape index (κ3) is 3.79. The number of benzene rings is 1. The Morgan fingerprint density at radius 3 is 2.75 bits per heavy atom. The van der Waals surface area contributed by atoms with Gasteiger partial charge in [0.1, 0.15) is 11.3 Å². The van der Waals surface area contributed by atoms with Crippen LogP contribution in [0.4, 0.5) is 0 Å². The Bertz CT molecular complexity index is 1320. The number of likely N-dealkylation sites (N-methyl/N-ethyl adjacent to an activating group) is 1. The molecule has 1 aliphatic carbocycles. The molecule has 1 amide bonds.